The first-order chi connectivity index (χ1) is 19.0. The third-order valence-corrected chi connectivity index (χ3v) is 6.82. The molecule has 5 rings (SSSR count). The van der Waals surface area contributed by atoms with Crippen LogP contribution in [0.4, 0.5) is 44.2 Å². The van der Waals surface area contributed by atoms with Crippen LogP contribution in [0.5, 0.6) is 0 Å². The number of fused-ring (bicyclic) bond motifs is 1. The first-order valence-corrected chi connectivity index (χ1v) is 12.9. The van der Waals surface area contributed by atoms with Gasteiger partial charge >= 0.3 is 6.09 Å². The van der Waals surface area contributed by atoms with Gasteiger partial charge in [-0.3, -0.25) is 0 Å². The van der Waals surface area contributed by atoms with Crippen molar-refractivity contribution in [1.29, 1.82) is 0 Å². The fourth-order valence-electron chi connectivity index (χ4n) is 4.68. The Kier molecular flexibility index (Phi) is 7.04. The van der Waals surface area contributed by atoms with Gasteiger partial charge in [-0.05, 0) is 35.7 Å². The van der Waals surface area contributed by atoms with Crippen molar-refractivity contribution in [3.8, 4) is 0 Å². The van der Waals surface area contributed by atoms with E-state index in [-0.39, 0.29) is 23.2 Å². The molecule has 40 heavy (non-hydrogen) atoms. The van der Waals surface area contributed by atoms with E-state index < -0.39 is 11.9 Å². The molecule has 0 bridgehead atoms. The van der Waals surface area contributed by atoms with Crippen LogP contribution in [0.15, 0.2) is 42.6 Å². The summed E-state index contributed by atoms with van der Waals surface area (Å²) in [5.74, 6) is 1.38. The fraction of sp³-hybridized carbons (Fsp3) is 0.370. The van der Waals surface area contributed by atoms with E-state index in [1.807, 2.05) is 70.1 Å². The van der Waals surface area contributed by atoms with Crippen LogP contribution in [0.3, 0.4) is 0 Å². The number of piperazine rings is 1. The van der Waals surface area contributed by atoms with Crippen molar-refractivity contribution < 1.29 is 14.3 Å². The number of H-pyrrole nitrogens is 1. The van der Waals surface area contributed by atoms with E-state index in [2.05, 4.69) is 40.5 Å². The van der Waals surface area contributed by atoms with Crippen LogP contribution in [-0.4, -0.2) is 80.8 Å². The average Bonchev–Trinajstić information content (AvgIpc) is 3.34. The summed E-state index contributed by atoms with van der Waals surface area (Å²) < 4.78 is 14.7. The maximum atomic E-state index is 14.7. The van der Waals surface area contributed by atoms with Gasteiger partial charge in [0.15, 0.2) is 11.6 Å². The number of nitrogens with one attached hydrogen (secondary N) is 3. The normalized spacial score (nSPS) is 15.8. The number of aromatic amines is 1. The molecule has 0 radical (unpaired) electrons. The highest BCUT2D eigenvalue weighted by Crippen LogP contribution is 2.30. The van der Waals surface area contributed by atoms with E-state index in [1.165, 1.54) is 4.90 Å². The zero-order valence-electron chi connectivity index (χ0n) is 23.1. The lowest BCUT2D eigenvalue weighted by atomic mass is 9.84. The molecule has 12 nitrogen and oxygen atoms in total. The molecule has 4 aromatic rings. The van der Waals surface area contributed by atoms with Crippen molar-refractivity contribution >= 4 is 52.2 Å². The Morgan fingerprint density at radius 1 is 1.12 bits per heavy atom. The fourth-order valence-corrected chi connectivity index (χ4v) is 4.68. The van der Waals surface area contributed by atoms with E-state index in [1.54, 1.807) is 6.07 Å². The third-order valence-electron chi connectivity index (χ3n) is 6.82. The predicted molar refractivity (Wildman–Crippen MR) is 153 cm³/mol. The van der Waals surface area contributed by atoms with E-state index in [0.717, 1.165) is 23.2 Å². The van der Waals surface area contributed by atoms with Gasteiger partial charge in [-0.1, -0.05) is 26.8 Å². The van der Waals surface area contributed by atoms with Crippen molar-refractivity contribution in [2.75, 3.05) is 54.2 Å². The lowest BCUT2D eigenvalue weighted by molar-refractivity contribution is 0.0747. The summed E-state index contributed by atoms with van der Waals surface area (Å²) in [4.78, 5) is 38.1. The Hall–Kier alpha value is -4.68. The molecule has 210 valence electrons. The first-order valence-electron chi connectivity index (χ1n) is 12.9. The summed E-state index contributed by atoms with van der Waals surface area (Å²) in [5.41, 5.74) is 2.12. The number of hydrogen-bond donors (Lipinski definition) is 4. The van der Waals surface area contributed by atoms with Crippen LogP contribution in [0.2, 0.25) is 0 Å². The molecule has 1 fully saturated rings. The highest BCUT2D eigenvalue weighted by Gasteiger charge is 2.38. The Bertz CT molecular complexity index is 1530. The molecule has 4 heterocycles. The number of anilines is 6. The second-order valence-electron chi connectivity index (χ2n) is 11.0. The molecular weight excluding hydrogens is 515 g/mol. The number of carbonyl (C=O) groups is 1. The molecule has 0 spiro atoms. The molecule has 1 aliphatic rings. The summed E-state index contributed by atoms with van der Waals surface area (Å²) in [6.45, 7) is 7.45. The molecule has 0 saturated carbocycles. The summed E-state index contributed by atoms with van der Waals surface area (Å²) in [7, 11) is 3.81. The van der Waals surface area contributed by atoms with Crippen LogP contribution in [0.25, 0.3) is 11.0 Å². The van der Waals surface area contributed by atoms with Crippen molar-refractivity contribution in [2.24, 2.45) is 5.41 Å². The minimum Gasteiger partial charge on any atom is -0.465 e. The highest BCUT2D eigenvalue weighted by molar-refractivity contribution is 5.82. The highest BCUT2D eigenvalue weighted by atomic mass is 19.1. The monoisotopic (exact) mass is 548 g/mol. The number of pyridine rings is 1. The SMILES string of the molecule is CN(C)c1nc2ccc(Nc3ncc(F)c(Nc4cccc(N5CCN(C(=O)O)C(C(C)(C)C)C5)n4)n3)cc2[nH]1. The van der Waals surface area contributed by atoms with Gasteiger partial charge in [0.05, 0.1) is 23.3 Å². The van der Waals surface area contributed by atoms with E-state index >= 15 is 0 Å². The maximum Gasteiger partial charge on any atom is 0.407 e. The molecule has 1 amide bonds. The van der Waals surface area contributed by atoms with Crippen LogP contribution >= 0.6 is 0 Å². The maximum absolute atomic E-state index is 14.7. The lowest BCUT2D eigenvalue weighted by Gasteiger charge is -2.46. The molecule has 1 atom stereocenters. The van der Waals surface area contributed by atoms with Gasteiger partial charge in [-0.2, -0.15) is 4.98 Å². The zero-order chi connectivity index (χ0) is 28.6. The smallest absolute Gasteiger partial charge is 0.407 e. The van der Waals surface area contributed by atoms with Crippen LogP contribution in [-0.2, 0) is 0 Å². The zero-order valence-corrected chi connectivity index (χ0v) is 23.1. The molecule has 1 saturated heterocycles. The largest absolute Gasteiger partial charge is 0.465 e. The summed E-state index contributed by atoms with van der Waals surface area (Å²) in [6, 6.07) is 10.8. The number of hydrogen-bond acceptors (Lipinski definition) is 9. The van der Waals surface area contributed by atoms with E-state index in [4.69, 9.17) is 0 Å². The number of nitrogens with zero attached hydrogens (tertiary/aromatic N) is 7. The molecule has 13 heteroatoms. The molecule has 1 aromatic carbocycles. The Balaban J connectivity index is 1.33. The Labute approximate surface area is 231 Å². The minimum atomic E-state index is -0.922. The van der Waals surface area contributed by atoms with E-state index in [9.17, 15) is 14.3 Å². The molecule has 0 aliphatic carbocycles. The van der Waals surface area contributed by atoms with Crippen LogP contribution in [0, 0.1) is 11.2 Å². The number of imidazole rings is 1. The number of amides is 1. The predicted octanol–water partition coefficient (Wildman–Crippen LogP) is 4.65. The first kappa shape index (κ1) is 26.9. The summed E-state index contributed by atoms with van der Waals surface area (Å²) in [5, 5.41) is 15.7. The van der Waals surface area contributed by atoms with Gasteiger partial charge in [0.25, 0.3) is 0 Å². The van der Waals surface area contributed by atoms with Crippen LogP contribution in [0.1, 0.15) is 20.8 Å². The quantitative estimate of drug-likeness (QED) is 0.269. The van der Waals surface area contributed by atoms with Crippen molar-refractivity contribution in [3.05, 3.63) is 48.4 Å². The minimum absolute atomic E-state index is 0.0251. The third kappa shape index (κ3) is 5.67. The molecule has 1 aliphatic heterocycles. The second-order valence-corrected chi connectivity index (χ2v) is 11.0. The number of halogens is 1. The van der Waals surface area contributed by atoms with Crippen molar-refractivity contribution in [3.63, 3.8) is 0 Å². The van der Waals surface area contributed by atoms with Gasteiger partial charge < -0.3 is 35.4 Å². The number of benzene rings is 1. The second kappa shape index (κ2) is 10.5. The number of carboxylic acid groups (broad SMARTS) is 1. The number of rotatable bonds is 6. The molecule has 1 unspecified atom stereocenters. The summed E-state index contributed by atoms with van der Waals surface area (Å²) >= 11 is 0. The number of aromatic nitrogens is 5. The molecule has 3 aromatic heterocycles. The Morgan fingerprint density at radius 3 is 2.65 bits per heavy atom. The van der Waals surface area contributed by atoms with Gasteiger partial charge in [0.2, 0.25) is 11.9 Å². The topological polar surface area (TPSA) is 138 Å². The van der Waals surface area contributed by atoms with Crippen molar-refractivity contribution in [2.45, 2.75) is 26.8 Å². The molecule has 4 N–H and O–H groups in total. The standard InChI is InChI=1S/C27H33FN10O2/c1-27(2,3)20-15-37(11-12-38(20)26(39)40)22-8-6-7-21(33-22)34-23-17(28)14-29-24(35-23)30-16-9-10-18-19(13-16)32-25(31-18)36(4)5/h6-10,13-14,20H,11-12,15H2,1-5H3,(H,31,32)(H,39,40)(H2,29,30,33,34,35). The summed E-state index contributed by atoms with van der Waals surface area (Å²) in [6.07, 6.45) is 0.175. The molecular formula is C27H33FN10O2. The van der Waals surface area contributed by atoms with Crippen LogP contribution < -0.4 is 20.4 Å². The van der Waals surface area contributed by atoms with Gasteiger partial charge in [-0.15, -0.1) is 0 Å². The Morgan fingerprint density at radius 2 is 1.93 bits per heavy atom. The van der Waals surface area contributed by atoms with Crippen molar-refractivity contribution in [1.82, 2.24) is 29.8 Å². The lowest BCUT2D eigenvalue weighted by Crippen LogP contribution is -2.59. The van der Waals surface area contributed by atoms with Gasteiger partial charge in [-0.25, -0.2) is 24.1 Å². The van der Waals surface area contributed by atoms with E-state index in [0.29, 0.717) is 37.0 Å². The van der Waals surface area contributed by atoms with Gasteiger partial charge in [0.1, 0.15) is 11.6 Å². The van der Waals surface area contributed by atoms with Gasteiger partial charge in [0, 0.05) is 39.4 Å². The average molecular weight is 549 g/mol.